The molecule has 264 valence electrons. The minimum Gasteiger partial charge on any atom is -0.493 e. The van der Waals surface area contributed by atoms with Gasteiger partial charge in [-0.05, 0) is 76.4 Å². The van der Waals surface area contributed by atoms with Gasteiger partial charge in [0, 0.05) is 37.4 Å². The number of hydrogen-bond donors (Lipinski definition) is 9. The number of amides is 6. The molecule has 48 heavy (non-hydrogen) atoms. The summed E-state index contributed by atoms with van der Waals surface area (Å²) in [6.07, 6.45) is 1.75. The first-order chi connectivity index (χ1) is 23.0. The van der Waals surface area contributed by atoms with E-state index in [0.29, 0.717) is 19.4 Å². The third-order valence-corrected chi connectivity index (χ3v) is 8.04. The molecule has 1 aromatic rings. The van der Waals surface area contributed by atoms with Crippen molar-refractivity contribution in [3.8, 4) is 5.75 Å². The highest BCUT2D eigenvalue weighted by molar-refractivity contribution is 6.02. The summed E-state index contributed by atoms with van der Waals surface area (Å²) in [4.78, 5) is 88.7. The Bertz CT molecular complexity index is 1330. The number of carbonyl (C=O) groups excluding carboxylic acids is 6. The van der Waals surface area contributed by atoms with E-state index in [1.807, 2.05) is 0 Å². The van der Waals surface area contributed by atoms with Crippen LogP contribution in [0.1, 0.15) is 68.1 Å². The summed E-state index contributed by atoms with van der Waals surface area (Å²) in [6, 6.07) is 0.558. The smallest absolute Gasteiger partial charge is 0.303 e. The topological polar surface area (TPSA) is 273 Å². The molecule has 1 aromatic carbocycles. The lowest BCUT2D eigenvalue weighted by atomic mass is 9.97. The van der Waals surface area contributed by atoms with Gasteiger partial charge in [-0.25, -0.2) is 0 Å². The van der Waals surface area contributed by atoms with Crippen LogP contribution in [-0.4, -0.2) is 97.4 Å². The van der Waals surface area contributed by atoms with Crippen LogP contribution < -0.4 is 48.1 Å². The molecule has 17 nitrogen and oxygen atoms in total. The van der Waals surface area contributed by atoms with Crippen LogP contribution in [0.15, 0.2) is 18.2 Å². The number of carbonyl (C=O) groups is 7. The number of nitrogens with two attached hydrogens (primary N) is 2. The van der Waals surface area contributed by atoms with Crippen molar-refractivity contribution in [2.45, 2.75) is 75.9 Å². The highest BCUT2D eigenvalue weighted by atomic mass is 16.5. The first-order valence-corrected chi connectivity index (χ1v) is 16.2. The monoisotopic (exact) mass is 674 g/mol. The van der Waals surface area contributed by atoms with Crippen LogP contribution in [0.4, 0.5) is 5.69 Å². The summed E-state index contributed by atoms with van der Waals surface area (Å²) in [6.45, 7) is 1.84. The van der Waals surface area contributed by atoms with Crippen LogP contribution in [0.3, 0.4) is 0 Å². The van der Waals surface area contributed by atoms with Crippen molar-refractivity contribution in [1.82, 2.24) is 26.6 Å². The van der Waals surface area contributed by atoms with Gasteiger partial charge in [-0.3, -0.25) is 33.6 Å². The summed E-state index contributed by atoms with van der Waals surface area (Å²) >= 11 is 0. The molecule has 0 bridgehead atoms. The average Bonchev–Trinajstić information content (AvgIpc) is 3.05. The van der Waals surface area contributed by atoms with Crippen molar-refractivity contribution < 1.29 is 43.4 Å². The molecule has 0 aliphatic carbocycles. The summed E-state index contributed by atoms with van der Waals surface area (Å²) in [7, 11) is 0. The number of carboxylic acids is 1. The van der Waals surface area contributed by atoms with Crippen molar-refractivity contribution in [3.63, 3.8) is 0 Å². The Morgan fingerprint density at radius 1 is 0.917 bits per heavy atom. The van der Waals surface area contributed by atoms with E-state index in [0.717, 1.165) is 25.9 Å². The third kappa shape index (κ3) is 12.1. The van der Waals surface area contributed by atoms with E-state index in [1.165, 1.54) is 18.2 Å². The number of hydrogen-bond acceptors (Lipinski definition) is 10. The number of primary amides is 1. The number of piperidine rings is 1. The Labute approximate surface area is 278 Å². The zero-order chi connectivity index (χ0) is 35.1. The molecule has 3 rings (SSSR count). The first kappa shape index (κ1) is 37.7. The second kappa shape index (κ2) is 19.1. The van der Waals surface area contributed by atoms with Crippen molar-refractivity contribution in [3.05, 3.63) is 23.8 Å². The predicted molar refractivity (Wildman–Crippen MR) is 172 cm³/mol. The normalized spacial score (nSPS) is 20.9. The van der Waals surface area contributed by atoms with Crippen molar-refractivity contribution in [1.29, 1.82) is 0 Å². The Morgan fingerprint density at radius 3 is 2.31 bits per heavy atom. The van der Waals surface area contributed by atoms with Crippen LogP contribution in [-0.2, 0) is 28.8 Å². The van der Waals surface area contributed by atoms with Gasteiger partial charge < -0.3 is 53.2 Å². The summed E-state index contributed by atoms with van der Waals surface area (Å²) in [5.41, 5.74) is 11.2. The van der Waals surface area contributed by atoms with E-state index in [2.05, 4.69) is 31.9 Å². The van der Waals surface area contributed by atoms with Crippen molar-refractivity contribution in [2.75, 3.05) is 38.1 Å². The molecule has 3 atom stereocenters. The minimum atomic E-state index is -1.37. The minimum absolute atomic E-state index is 0.0272. The van der Waals surface area contributed by atoms with Crippen LogP contribution >= 0.6 is 0 Å². The molecule has 6 amide bonds. The number of anilines is 1. The molecule has 1 fully saturated rings. The fourth-order valence-electron chi connectivity index (χ4n) is 5.31. The molecule has 0 radical (unpaired) electrons. The second-order valence-corrected chi connectivity index (χ2v) is 11.7. The molecule has 0 aromatic heterocycles. The maximum atomic E-state index is 13.6. The van der Waals surface area contributed by atoms with Gasteiger partial charge in [0.05, 0.1) is 12.2 Å². The van der Waals surface area contributed by atoms with E-state index in [-0.39, 0.29) is 67.7 Å². The SMILES string of the molecule is NCCCC[C@@H]1NC(=O)C(CCC(=O)O)NC(=O)c2cc(NC(=O)CCNC(=O)C3CCNCC3)ccc2OCC[C@@H](C(N)=O)NC1=O. The van der Waals surface area contributed by atoms with Crippen LogP contribution in [0.25, 0.3) is 0 Å². The largest absolute Gasteiger partial charge is 0.493 e. The summed E-state index contributed by atoms with van der Waals surface area (Å²) in [5.74, 6) is -4.97. The second-order valence-electron chi connectivity index (χ2n) is 11.7. The Hall–Kier alpha value is -4.77. The van der Waals surface area contributed by atoms with E-state index >= 15 is 0 Å². The van der Waals surface area contributed by atoms with E-state index in [4.69, 9.17) is 16.2 Å². The zero-order valence-electron chi connectivity index (χ0n) is 26.8. The molecule has 2 heterocycles. The average molecular weight is 675 g/mol. The van der Waals surface area contributed by atoms with Gasteiger partial charge in [0.25, 0.3) is 5.91 Å². The number of aliphatic carboxylic acids is 1. The highest BCUT2D eigenvalue weighted by Crippen LogP contribution is 2.24. The van der Waals surface area contributed by atoms with Gasteiger partial charge in [-0.2, -0.15) is 0 Å². The van der Waals surface area contributed by atoms with Gasteiger partial charge in [0.1, 0.15) is 23.9 Å². The highest BCUT2D eigenvalue weighted by Gasteiger charge is 2.31. The number of fused-ring (bicyclic) bond motifs is 1. The molecular formula is C31H46N8O9. The summed E-state index contributed by atoms with van der Waals surface area (Å²) in [5, 5.41) is 25.6. The summed E-state index contributed by atoms with van der Waals surface area (Å²) < 4.78 is 5.80. The molecule has 1 unspecified atom stereocenters. The van der Waals surface area contributed by atoms with Crippen LogP contribution in [0.5, 0.6) is 5.75 Å². The van der Waals surface area contributed by atoms with E-state index in [9.17, 15) is 38.7 Å². The lowest BCUT2D eigenvalue weighted by Crippen LogP contribution is -2.56. The predicted octanol–water partition coefficient (Wildman–Crippen LogP) is -1.54. The number of ether oxygens (including phenoxy) is 1. The van der Waals surface area contributed by atoms with Crippen molar-refractivity contribution in [2.24, 2.45) is 17.4 Å². The van der Waals surface area contributed by atoms with Crippen LogP contribution in [0.2, 0.25) is 0 Å². The Balaban J connectivity index is 1.81. The van der Waals surface area contributed by atoms with Gasteiger partial charge in [0.2, 0.25) is 29.5 Å². The van der Waals surface area contributed by atoms with Crippen LogP contribution in [0, 0.1) is 5.92 Å². The standard InChI is InChI=1S/C31H46N8O9/c32-12-2-1-3-22-30(46)37-21(27(33)43)11-16-48-24-6-4-19(36-25(40)10-15-35-28(44)18-8-13-34-14-9-18)17-20(24)29(45)38-23(31(47)39-22)5-7-26(41)42/h4,6,17-18,21-23,34H,1-3,5,7-16,32H2,(H2,33,43)(H,35,44)(H,36,40)(H,37,46)(H,38,45)(H,39,47)(H,41,42)/t21-,22-,23?/m0/s1. The maximum absolute atomic E-state index is 13.6. The lowest BCUT2D eigenvalue weighted by Gasteiger charge is -2.26. The Kier molecular flexibility index (Phi) is 15.0. The van der Waals surface area contributed by atoms with E-state index in [1.54, 1.807) is 0 Å². The first-order valence-electron chi connectivity index (χ1n) is 16.2. The molecule has 11 N–H and O–H groups in total. The van der Waals surface area contributed by atoms with Gasteiger partial charge >= 0.3 is 5.97 Å². The molecule has 1 saturated heterocycles. The lowest BCUT2D eigenvalue weighted by molar-refractivity contribution is -0.137. The van der Waals surface area contributed by atoms with Crippen molar-refractivity contribution >= 4 is 47.1 Å². The van der Waals surface area contributed by atoms with Gasteiger partial charge in [-0.15, -0.1) is 0 Å². The molecule has 2 aliphatic rings. The maximum Gasteiger partial charge on any atom is 0.303 e. The van der Waals surface area contributed by atoms with Gasteiger partial charge in [-0.1, -0.05) is 0 Å². The number of benzene rings is 1. The number of carboxylic acid groups (broad SMARTS) is 1. The molecule has 0 saturated carbocycles. The molecular weight excluding hydrogens is 628 g/mol. The number of unbranched alkanes of at least 4 members (excludes halogenated alkanes) is 1. The zero-order valence-corrected chi connectivity index (χ0v) is 26.8. The number of nitrogens with one attached hydrogen (secondary N) is 6. The third-order valence-electron chi connectivity index (χ3n) is 8.04. The van der Waals surface area contributed by atoms with E-state index < -0.39 is 60.1 Å². The fourth-order valence-corrected chi connectivity index (χ4v) is 5.31. The van der Waals surface area contributed by atoms with Gasteiger partial charge in [0.15, 0.2) is 0 Å². The molecule has 17 heteroatoms. The molecule has 2 aliphatic heterocycles. The fraction of sp³-hybridized carbons (Fsp3) is 0.581. The number of rotatable bonds is 13. The molecule has 0 spiro atoms. The quantitative estimate of drug-likeness (QED) is 0.108. The Morgan fingerprint density at radius 2 is 1.62 bits per heavy atom.